The van der Waals surface area contributed by atoms with E-state index in [-0.39, 0.29) is 44.6 Å². The van der Waals surface area contributed by atoms with Gasteiger partial charge in [-0.1, -0.05) is 78.9 Å². The highest BCUT2D eigenvalue weighted by Crippen LogP contribution is 2.36. The van der Waals surface area contributed by atoms with Crippen LogP contribution >= 0.6 is 0 Å². The van der Waals surface area contributed by atoms with Crippen LogP contribution in [0.1, 0.15) is 47.1 Å². The smallest absolute Gasteiger partial charge is 0.410 e. The van der Waals surface area contributed by atoms with Crippen molar-refractivity contribution in [1.82, 2.24) is 4.90 Å². The maximum absolute atomic E-state index is 13.6. The number of hydrogen-bond donors (Lipinski definition) is 1. The van der Waals surface area contributed by atoms with Crippen LogP contribution in [0, 0.1) is 10.1 Å². The van der Waals surface area contributed by atoms with Crippen molar-refractivity contribution in [2.45, 2.75) is 57.9 Å². The van der Waals surface area contributed by atoms with Crippen molar-refractivity contribution in [2.24, 2.45) is 0 Å². The lowest BCUT2D eigenvalue weighted by Gasteiger charge is -2.43. The van der Waals surface area contributed by atoms with Crippen LogP contribution < -0.4 is 9.47 Å². The zero-order valence-electron chi connectivity index (χ0n) is 32.1. The molecule has 1 N–H and O–H groups in total. The lowest BCUT2D eigenvalue weighted by atomic mass is 9.84. The van der Waals surface area contributed by atoms with Gasteiger partial charge in [0.2, 0.25) is 0 Å². The highest BCUT2D eigenvalue weighted by Gasteiger charge is 2.41. The van der Waals surface area contributed by atoms with Gasteiger partial charge in [-0.25, -0.2) is 4.79 Å². The van der Waals surface area contributed by atoms with Gasteiger partial charge >= 0.3 is 6.09 Å². The molecule has 0 saturated carbocycles. The summed E-state index contributed by atoms with van der Waals surface area (Å²) < 4.78 is 36.3. The molecule has 3 unspecified atom stereocenters. The number of phenolic OH excluding ortho intramolecular Hbond substituents is 1. The van der Waals surface area contributed by atoms with Gasteiger partial charge in [-0.15, -0.1) is 10.1 Å². The number of aromatic hydroxyl groups is 1. The molecular weight excluding hydrogens is 732 g/mol. The van der Waals surface area contributed by atoms with Gasteiger partial charge < -0.3 is 43.3 Å². The lowest BCUT2D eigenvalue weighted by molar-refractivity contribution is -0.763. The Labute approximate surface area is 331 Å². The minimum atomic E-state index is -0.838. The Morgan fingerprint density at radius 1 is 0.807 bits per heavy atom. The summed E-state index contributed by atoms with van der Waals surface area (Å²) in [5, 5.41) is 21.7. The van der Waals surface area contributed by atoms with Crippen molar-refractivity contribution in [3.63, 3.8) is 0 Å². The SMILES string of the molecule is CCOC1CN(C(=O)OCc2ccc(CO[N+](=O)[O-])cc2)CC(OCc2cc(OC)c3ccccc3c2)C1c1ccc(OCCCOCc2ccccc2O)cc1. The Kier molecular flexibility index (Phi) is 14.5. The number of nitrogens with zero attached hydrogens (tertiary/aromatic N) is 2. The van der Waals surface area contributed by atoms with E-state index < -0.39 is 23.4 Å². The Morgan fingerprint density at radius 2 is 1.51 bits per heavy atom. The van der Waals surface area contributed by atoms with Crippen LogP contribution in [0.4, 0.5) is 4.79 Å². The van der Waals surface area contributed by atoms with Crippen LogP contribution in [0.5, 0.6) is 17.2 Å². The second kappa shape index (κ2) is 20.3. The van der Waals surface area contributed by atoms with Gasteiger partial charge in [0.1, 0.15) is 30.5 Å². The number of phenols is 1. The zero-order chi connectivity index (χ0) is 40.0. The first-order chi connectivity index (χ1) is 27.8. The number of likely N-dealkylation sites (tertiary alicyclic amines) is 1. The van der Waals surface area contributed by atoms with E-state index in [0.29, 0.717) is 44.2 Å². The first-order valence-corrected chi connectivity index (χ1v) is 18.9. The summed E-state index contributed by atoms with van der Waals surface area (Å²) in [6, 6.07) is 34.0. The predicted octanol–water partition coefficient (Wildman–Crippen LogP) is 7.97. The summed E-state index contributed by atoms with van der Waals surface area (Å²) in [6.45, 7) is 4.30. The standard InChI is InChI=1S/C44H48N2O11/c1-3-53-41-25-45(44(48)56-27-31-13-15-32(16-14-31)29-57-46(49)50)26-42(55-28-33-23-35-9-4-6-11-38(35)40(24-33)51-2)43(41)34-17-19-37(20-18-34)54-22-8-21-52-30-36-10-5-7-12-39(36)47/h4-7,9-20,23-24,41-43,47H,3,8,21-22,25-30H2,1-2H3. The molecule has 6 rings (SSSR count). The fraction of sp³-hybridized carbons (Fsp3) is 0.341. The number of carbonyl (C=O) groups is 1. The van der Waals surface area contributed by atoms with Crippen molar-refractivity contribution < 1.29 is 48.2 Å². The lowest BCUT2D eigenvalue weighted by Crippen LogP contribution is -2.54. The van der Waals surface area contributed by atoms with Crippen LogP contribution in [-0.2, 0) is 50.2 Å². The number of carbonyl (C=O) groups excluding carboxylic acids is 1. The third kappa shape index (κ3) is 11.3. The van der Waals surface area contributed by atoms with Crippen molar-refractivity contribution in [2.75, 3.05) is 40.0 Å². The average molecular weight is 781 g/mol. The third-order valence-corrected chi connectivity index (χ3v) is 9.75. The second-order valence-electron chi connectivity index (χ2n) is 13.6. The molecule has 1 fully saturated rings. The molecule has 1 saturated heterocycles. The number of piperidine rings is 1. The Balaban J connectivity index is 1.13. The van der Waals surface area contributed by atoms with Crippen LogP contribution in [-0.4, -0.2) is 73.4 Å². The molecule has 0 spiro atoms. The number of hydrogen-bond acceptors (Lipinski definition) is 11. The largest absolute Gasteiger partial charge is 0.508 e. The average Bonchev–Trinajstić information content (AvgIpc) is 3.23. The van der Waals surface area contributed by atoms with E-state index in [0.717, 1.165) is 38.8 Å². The summed E-state index contributed by atoms with van der Waals surface area (Å²) in [7, 11) is 1.65. The van der Waals surface area contributed by atoms with Gasteiger partial charge in [0.05, 0.1) is 58.8 Å². The number of para-hydroxylation sites is 1. The van der Waals surface area contributed by atoms with Gasteiger partial charge in [0, 0.05) is 29.9 Å². The van der Waals surface area contributed by atoms with E-state index in [1.165, 1.54) is 0 Å². The molecule has 1 aliphatic heterocycles. The molecule has 1 aliphatic rings. The minimum absolute atomic E-state index is 0.0149. The Morgan fingerprint density at radius 3 is 2.23 bits per heavy atom. The van der Waals surface area contributed by atoms with E-state index in [9.17, 15) is 20.0 Å². The number of benzene rings is 5. The monoisotopic (exact) mass is 780 g/mol. The number of amides is 1. The topological polar surface area (TPSA) is 148 Å². The van der Waals surface area contributed by atoms with Gasteiger partial charge in [-0.3, -0.25) is 0 Å². The highest BCUT2D eigenvalue weighted by atomic mass is 16.9. The van der Waals surface area contributed by atoms with Crippen LogP contribution in [0.3, 0.4) is 0 Å². The molecule has 1 amide bonds. The highest BCUT2D eigenvalue weighted by molar-refractivity contribution is 5.89. The number of methoxy groups -OCH3 is 1. The molecule has 57 heavy (non-hydrogen) atoms. The van der Waals surface area contributed by atoms with E-state index in [1.807, 2.05) is 73.7 Å². The van der Waals surface area contributed by atoms with Crippen LogP contribution in [0.2, 0.25) is 0 Å². The summed E-state index contributed by atoms with van der Waals surface area (Å²) in [4.78, 5) is 30.2. The van der Waals surface area contributed by atoms with Crippen molar-refractivity contribution in [3.8, 4) is 17.2 Å². The van der Waals surface area contributed by atoms with Crippen molar-refractivity contribution in [1.29, 1.82) is 0 Å². The summed E-state index contributed by atoms with van der Waals surface area (Å²) >= 11 is 0. The zero-order valence-corrected chi connectivity index (χ0v) is 32.1. The predicted molar refractivity (Wildman–Crippen MR) is 212 cm³/mol. The van der Waals surface area contributed by atoms with Gasteiger partial charge in [-0.2, -0.15) is 0 Å². The molecule has 0 radical (unpaired) electrons. The maximum Gasteiger partial charge on any atom is 0.410 e. The second-order valence-corrected chi connectivity index (χ2v) is 13.6. The fourth-order valence-electron chi connectivity index (χ4n) is 6.92. The molecule has 0 aromatic heterocycles. The van der Waals surface area contributed by atoms with E-state index >= 15 is 0 Å². The molecule has 13 heteroatoms. The quantitative estimate of drug-likeness (QED) is 0.0494. The van der Waals surface area contributed by atoms with Crippen molar-refractivity contribution >= 4 is 16.9 Å². The minimum Gasteiger partial charge on any atom is -0.508 e. The third-order valence-electron chi connectivity index (χ3n) is 9.75. The molecule has 0 aliphatic carbocycles. The summed E-state index contributed by atoms with van der Waals surface area (Å²) in [5.74, 6) is 1.46. The van der Waals surface area contributed by atoms with Crippen LogP contribution in [0.15, 0.2) is 109 Å². The van der Waals surface area contributed by atoms with E-state index in [4.69, 9.17) is 28.4 Å². The fourth-order valence-corrected chi connectivity index (χ4v) is 6.92. The summed E-state index contributed by atoms with van der Waals surface area (Å²) in [5.41, 5.74) is 4.01. The first kappa shape index (κ1) is 40.8. The van der Waals surface area contributed by atoms with Crippen molar-refractivity contribution in [3.05, 3.63) is 147 Å². The normalized spacial score (nSPS) is 16.6. The number of fused-ring (bicyclic) bond motifs is 1. The Hall–Kier alpha value is -5.89. The molecule has 5 aromatic carbocycles. The molecule has 0 bridgehead atoms. The molecule has 1 heterocycles. The molecule has 5 aromatic rings. The molecular formula is C44H48N2O11. The van der Waals surface area contributed by atoms with Gasteiger partial charge in [-0.05, 0) is 64.9 Å². The molecule has 300 valence electrons. The van der Waals surface area contributed by atoms with E-state index in [1.54, 1.807) is 48.4 Å². The van der Waals surface area contributed by atoms with E-state index in [2.05, 4.69) is 10.9 Å². The Bertz CT molecular complexity index is 2060. The summed E-state index contributed by atoms with van der Waals surface area (Å²) in [6.07, 6.45) is -0.695. The first-order valence-electron chi connectivity index (χ1n) is 18.9. The number of ether oxygens (including phenoxy) is 6. The van der Waals surface area contributed by atoms with Gasteiger partial charge in [0.25, 0.3) is 5.09 Å². The van der Waals surface area contributed by atoms with Gasteiger partial charge in [0.15, 0.2) is 0 Å². The molecule has 3 atom stereocenters. The van der Waals surface area contributed by atoms with Crippen LogP contribution in [0.25, 0.3) is 10.8 Å². The number of rotatable bonds is 19. The maximum atomic E-state index is 13.6. The molecule has 13 nitrogen and oxygen atoms in total.